The van der Waals surface area contributed by atoms with Crippen LogP contribution in [0.3, 0.4) is 0 Å². The van der Waals surface area contributed by atoms with E-state index in [9.17, 15) is 9.59 Å². The van der Waals surface area contributed by atoms with Crippen LogP contribution >= 0.6 is 0 Å². The number of rotatable bonds is 3. The van der Waals surface area contributed by atoms with E-state index in [-0.39, 0.29) is 11.3 Å². The summed E-state index contributed by atoms with van der Waals surface area (Å²) in [5.74, 6) is -1.79. The first-order valence-corrected chi connectivity index (χ1v) is 5.37. The molecule has 17 heavy (non-hydrogen) atoms. The van der Waals surface area contributed by atoms with Crippen LogP contribution in [0, 0.1) is 0 Å². The SMILES string of the molecule is NC(=O)c1cc(C(=O)O)c(N2CCCC2)cn1. The summed E-state index contributed by atoms with van der Waals surface area (Å²) in [5, 5.41) is 9.13. The lowest BCUT2D eigenvalue weighted by atomic mass is 10.1. The second-order valence-electron chi connectivity index (χ2n) is 3.95. The van der Waals surface area contributed by atoms with Gasteiger partial charge in [0.15, 0.2) is 0 Å². The number of nitrogens with zero attached hydrogens (tertiary/aromatic N) is 2. The van der Waals surface area contributed by atoms with Gasteiger partial charge in [0.2, 0.25) is 0 Å². The standard InChI is InChI=1S/C11H13N3O3/c12-10(15)8-5-7(11(16)17)9(6-13-8)14-3-1-2-4-14/h5-6H,1-4H2,(H2,12,15)(H,16,17). The highest BCUT2D eigenvalue weighted by molar-refractivity contribution is 5.98. The van der Waals surface area contributed by atoms with Crippen molar-refractivity contribution < 1.29 is 14.7 Å². The van der Waals surface area contributed by atoms with E-state index >= 15 is 0 Å². The Bertz CT molecular complexity index is 467. The Hall–Kier alpha value is -2.11. The smallest absolute Gasteiger partial charge is 0.337 e. The largest absolute Gasteiger partial charge is 0.478 e. The molecule has 1 aromatic rings. The van der Waals surface area contributed by atoms with Gasteiger partial charge >= 0.3 is 5.97 Å². The number of primary amides is 1. The molecular weight excluding hydrogens is 222 g/mol. The Morgan fingerprint density at radius 2 is 2.00 bits per heavy atom. The molecule has 1 saturated heterocycles. The maximum Gasteiger partial charge on any atom is 0.337 e. The Kier molecular flexibility index (Phi) is 2.95. The molecule has 6 nitrogen and oxygen atoms in total. The van der Waals surface area contributed by atoms with Crippen LogP contribution in [0.1, 0.15) is 33.7 Å². The number of pyridine rings is 1. The van der Waals surface area contributed by atoms with E-state index in [2.05, 4.69) is 4.98 Å². The van der Waals surface area contributed by atoms with E-state index < -0.39 is 11.9 Å². The van der Waals surface area contributed by atoms with Gasteiger partial charge in [-0.05, 0) is 18.9 Å². The number of hydrogen-bond acceptors (Lipinski definition) is 4. The second kappa shape index (κ2) is 4.40. The van der Waals surface area contributed by atoms with Gasteiger partial charge in [-0.25, -0.2) is 9.78 Å². The van der Waals surface area contributed by atoms with Crippen LogP contribution in [0.5, 0.6) is 0 Å². The average molecular weight is 235 g/mol. The molecule has 3 N–H and O–H groups in total. The van der Waals surface area contributed by atoms with E-state index in [1.807, 2.05) is 4.90 Å². The number of aromatic carboxylic acids is 1. The fourth-order valence-corrected chi connectivity index (χ4v) is 1.96. The first-order valence-electron chi connectivity index (χ1n) is 5.37. The zero-order valence-electron chi connectivity index (χ0n) is 9.22. The van der Waals surface area contributed by atoms with Crippen LogP contribution in [0.15, 0.2) is 12.3 Å². The Labute approximate surface area is 98.1 Å². The van der Waals surface area contributed by atoms with Crippen LogP contribution in [0.4, 0.5) is 5.69 Å². The molecule has 0 unspecified atom stereocenters. The Morgan fingerprint density at radius 3 is 2.53 bits per heavy atom. The summed E-state index contributed by atoms with van der Waals surface area (Å²) in [4.78, 5) is 28.0. The third-order valence-corrected chi connectivity index (χ3v) is 2.81. The third kappa shape index (κ3) is 2.20. The molecule has 0 aliphatic carbocycles. The molecule has 0 radical (unpaired) electrons. The lowest BCUT2D eigenvalue weighted by Gasteiger charge is -2.19. The van der Waals surface area contributed by atoms with Crippen molar-refractivity contribution in [3.05, 3.63) is 23.5 Å². The van der Waals surface area contributed by atoms with Crippen LogP contribution in [0.25, 0.3) is 0 Å². The molecule has 1 amide bonds. The number of nitrogens with two attached hydrogens (primary N) is 1. The number of carbonyl (C=O) groups excluding carboxylic acids is 1. The van der Waals surface area contributed by atoms with Crippen LogP contribution < -0.4 is 10.6 Å². The van der Waals surface area contributed by atoms with Gasteiger partial charge in [-0.3, -0.25) is 4.79 Å². The number of hydrogen-bond donors (Lipinski definition) is 2. The monoisotopic (exact) mass is 235 g/mol. The molecule has 1 fully saturated rings. The molecule has 0 spiro atoms. The molecule has 0 aromatic carbocycles. The molecule has 90 valence electrons. The number of carbonyl (C=O) groups is 2. The predicted molar refractivity (Wildman–Crippen MR) is 61.2 cm³/mol. The average Bonchev–Trinajstić information content (AvgIpc) is 2.81. The van der Waals surface area contributed by atoms with Crippen LogP contribution in [-0.2, 0) is 0 Å². The van der Waals surface area contributed by atoms with Crippen molar-refractivity contribution in [2.75, 3.05) is 18.0 Å². The molecular formula is C11H13N3O3. The predicted octanol–water partition coefficient (Wildman–Crippen LogP) is 0.479. The Balaban J connectivity index is 2.44. The van der Waals surface area contributed by atoms with Crippen LogP contribution in [0.2, 0.25) is 0 Å². The van der Waals surface area contributed by atoms with Gasteiger partial charge in [0.05, 0.1) is 17.4 Å². The van der Waals surface area contributed by atoms with Crippen molar-refractivity contribution in [2.24, 2.45) is 5.73 Å². The zero-order valence-corrected chi connectivity index (χ0v) is 9.22. The molecule has 0 atom stereocenters. The Morgan fingerprint density at radius 1 is 1.35 bits per heavy atom. The van der Waals surface area contributed by atoms with E-state index in [0.717, 1.165) is 25.9 Å². The number of carboxylic acids is 1. The van der Waals surface area contributed by atoms with Gasteiger partial charge in [0.1, 0.15) is 5.69 Å². The molecule has 1 aliphatic rings. The van der Waals surface area contributed by atoms with Gasteiger partial charge in [-0.15, -0.1) is 0 Å². The van der Waals surface area contributed by atoms with Crippen molar-refractivity contribution >= 4 is 17.6 Å². The van der Waals surface area contributed by atoms with Crippen molar-refractivity contribution in [1.29, 1.82) is 0 Å². The lowest BCUT2D eigenvalue weighted by Crippen LogP contribution is -2.22. The summed E-state index contributed by atoms with van der Waals surface area (Å²) in [6.45, 7) is 1.63. The summed E-state index contributed by atoms with van der Waals surface area (Å²) in [6.07, 6.45) is 3.49. The maximum absolute atomic E-state index is 11.1. The molecule has 0 bridgehead atoms. The zero-order chi connectivity index (χ0) is 12.4. The summed E-state index contributed by atoms with van der Waals surface area (Å²) < 4.78 is 0. The highest BCUT2D eigenvalue weighted by Gasteiger charge is 2.21. The summed E-state index contributed by atoms with van der Waals surface area (Å²) in [6, 6.07) is 1.23. The fourth-order valence-electron chi connectivity index (χ4n) is 1.96. The van der Waals surface area contributed by atoms with Crippen molar-refractivity contribution in [3.63, 3.8) is 0 Å². The topological polar surface area (TPSA) is 96.5 Å². The summed E-state index contributed by atoms with van der Waals surface area (Å²) in [5.41, 5.74) is 5.69. The summed E-state index contributed by atoms with van der Waals surface area (Å²) >= 11 is 0. The number of aromatic nitrogens is 1. The minimum absolute atomic E-state index is 0.0228. The number of amides is 1. The van der Waals surface area contributed by atoms with Gasteiger partial charge in [-0.2, -0.15) is 0 Å². The molecule has 1 aromatic heterocycles. The van der Waals surface area contributed by atoms with E-state index in [1.165, 1.54) is 12.3 Å². The molecule has 1 aliphatic heterocycles. The van der Waals surface area contributed by atoms with Gasteiger partial charge in [0.25, 0.3) is 5.91 Å². The van der Waals surface area contributed by atoms with Crippen molar-refractivity contribution in [2.45, 2.75) is 12.8 Å². The highest BCUT2D eigenvalue weighted by Crippen LogP contribution is 2.24. The minimum atomic E-state index is -1.07. The number of carboxylic acid groups (broad SMARTS) is 1. The quantitative estimate of drug-likeness (QED) is 0.794. The van der Waals surface area contributed by atoms with E-state index in [0.29, 0.717) is 5.69 Å². The van der Waals surface area contributed by atoms with Gasteiger partial charge < -0.3 is 15.7 Å². The lowest BCUT2D eigenvalue weighted by molar-refractivity contribution is 0.0697. The van der Waals surface area contributed by atoms with Crippen molar-refractivity contribution in [3.8, 4) is 0 Å². The first-order chi connectivity index (χ1) is 8.09. The second-order valence-corrected chi connectivity index (χ2v) is 3.95. The minimum Gasteiger partial charge on any atom is -0.478 e. The van der Waals surface area contributed by atoms with E-state index in [1.54, 1.807) is 0 Å². The normalized spacial score (nSPS) is 14.9. The van der Waals surface area contributed by atoms with E-state index in [4.69, 9.17) is 10.8 Å². The molecule has 2 heterocycles. The first kappa shape index (κ1) is 11.4. The number of anilines is 1. The molecule has 0 saturated carbocycles. The van der Waals surface area contributed by atoms with Gasteiger partial charge in [-0.1, -0.05) is 0 Å². The highest BCUT2D eigenvalue weighted by atomic mass is 16.4. The molecule has 6 heteroatoms. The van der Waals surface area contributed by atoms with Crippen molar-refractivity contribution in [1.82, 2.24) is 4.98 Å². The fraction of sp³-hybridized carbons (Fsp3) is 0.364. The van der Waals surface area contributed by atoms with Crippen LogP contribution in [-0.4, -0.2) is 35.1 Å². The third-order valence-electron chi connectivity index (χ3n) is 2.81. The maximum atomic E-state index is 11.1. The van der Waals surface area contributed by atoms with Gasteiger partial charge in [0, 0.05) is 13.1 Å². The summed E-state index contributed by atoms with van der Waals surface area (Å²) in [7, 11) is 0. The molecule has 2 rings (SSSR count).